The van der Waals surface area contributed by atoms with E-state index in [4.69, 9.17) is 0 Å². The van der Waals surface area contributed by atoms with Gasteiger partial charge in [-0.2, -0.15) is 0 Å². The SMILES string of the molecule is CN(C(=O)C1CC12CCNCC2)C1CCCN(c2ccccc2)C1. The fourth-order valence-corrected chi connectivity index (χ4v) is 4.74. The maximum atomic E-state index is 13.0. The number of likely N-dealkylation sites (N-methyl/N-ethyl adjacent to an activating group) is 1. The summed E-state index contributed by atoms with van der Waals surface area (Å²) in [6.07, 6.45) is 5.77. The smallest absolute Gasteiger partial charge is 0.226 e. The standard InChI is InChI=1S/C20H29N3O/c1-22(19(24)18-14-20(18)9-11-21-12-10-20)17-8-5-13-23(15-17)16-6-3-2-4-7-16/h2-4,6-7,17-18,21H,5,8-15H2,1H3. The second-order valence-electron chi connectivity index (χ2n) is 7.90. The number of carbonyl (C=O) groups excluding carboxylic acids is 1. The normalized spacial score (nSPS) is 28.6. The highest BCUT2D eigenvalue weighted by atomic mass is 16.2. The number of hydrogen-bond acceptors (Lipinski definition) is 3. The Morgan fingerprint density at radius 3 is 2.75 bits per heavy atom. The predicted molar refractivity (Wildman–Crippen MR) is 97.1 cm³/mol. The number of rotatable bonds is 3. The van der Waals surface area contributed by atoms with Crippen molar-refractivity contribution in [3.63, 3.8) is 0 Å². The summed E-state index contributed by atoms with van der Waals surface area (Å²) < 4.78 is 0. The van der Waals surface area contributed by atoms with Crippen molar-refractivity contribution in [3.05, 3.63) is 30.3 Å². The summed E-state index contributed by atoms with van der Waals surface area (Å²) in [6, 6.07) is 11.0. The molecule has 4 rings (SSSR count). The molecule has 2 saturated heterocycles. The molecule has 0 bridgehead atoms. The summed E-state index contributed by atoms with van der Waals surface area (Å²) in [6.45, 7) is 4.23. The fraction of sp³-hybridized carbons (Fsp3) is 0.650. The van der Waals surface area contributed by atoms with E-state index in [1.165, 1.54) is 18.5 Å². The summed E-state index contributed by atoms with van der Waals surface area (Å²) in [4.78, 5) is 17.5. The lowest BCUT2D eigenvalue weighted by Crippen LogP contribution is -2.49. The Morgan fingerprint density at radius 2 is 2.00 bits per heavy atom. The third-order valence-electron chi connectivity index (χ3n) is 6.50. The number of carbonyl (C=O) groups is 1. The number of benzene rings is 1. The Bertz CT molecular complexity index is 582. The molecule has 3 aliphatic rings. The van der Waals surface area contributed by atoms with Crippen LogP contribution < -0.4 is 10.2 Å². The van der Waals surface area contributed by atoms with E-state index in [2.05, 4.69) is 45.4 Å². The Kier molecular flexibility index (Phi) is 4.25. The van der Waals surface area contributed by atoms with Gasteiger partial charge in [0, 0.05) is 37.8 Å². The fourth-order valence-electron chi connectivity index (χ4n) is 4.74. The number of anilines is 1. The summed E-state index contributed by atoms with van der Waals surface area (Å²) in [7, 11) is 2.04. The molecule has 2 unspecified atom stereocenters. The molecular weight excluding hydrogens is 298 g/mol. The van der Waals surface area contributed by atoms with Crippen LogP contribution in [0.1, 0.15) is 32.1 Å². The molecule has 1 aromatic rings. The second-order valence-corrected chi connectivity index (χ2v) is 7.90. The predicted octanol–water partition coefficient (Wildman–Crippen LogP) is 2.50. The summed E-state index contributed by atoms with van der Waals surface area (Å²) in [5, 5.41) is 3.42. The van der Waals surface area contributed by atoms with Crippen LogP contribution in [0.25, 0.3) is 0 Å². The maximum Gasteiger partial charge on any atom is 0.226 e. The van der Waals surface area contributed by atoms with E-state index in [9.17, 15) is 4.79 Å². The Balaban J connectivity index is 1.39. The molecule has 1 amide bonds. The summed E-state index contributed by atoms with van der Waals surface area (Å²) in [5.41, 5.74) is 1.62. The van der Waals surface area contributed by atoms with Gasteiger partial charge in [0.05, 0.1) is 0 Å². The molecule has 4 heteroatoms. The minimum atomic E-state index is 0.289. The van der Waals surface area contributed by atoms with Gasteiger partial charge in [-0.1, -0.05) is 18.2 Å². The minimum absolute atomic E-state index is 0.289. The third kappa shape index (κ3) is 2.92. The van der Waals surface area contributed by atoms with E-state index in [0.29, 0.717) is 17.4 Å². The van der Waals surface area contributed by atoms with E-state index in [0.717, 1.165) is 45.4 Å². The minimum Gasteiger partial charge on any atom is -0.369 e. The van der Waals surface area contributed by atoms with Gasteiger partial charge in [0.15, 0.2) is 0 Å². The number of hydrogen-bond donors (Lipinski definition) is 1. The van der Waals surface area contributed by atoms with Crippen LogP contribution in [0.5, 0.6) is 0 Å². The van der Waals surface area contributed by atoms with Gasteiger partial charge in [0.1, 0.15) is 0 Å². The van der Waals surface area contributed by atoms with Crippen LogP contribution in [0.15, 0.2) is 30.3 Å². The van der Waals surface area contributed by atoms with Gasteiger partial charge in [-0.25, -0.2) is 0 Å². The molecule has 0 radical (unpaired) electrons. The number of amides is 1. The monoisotopic (exact) mass is 327 g/mol. The first-order valence-corrected chi connectivity index (χ1v) is 9.47. The number of piperidine rings is 2. The Labute approximate surface area is 145 Å². The van der Waals surface area contributed by atoms with Gasteiger partial charge in [0.2, 0.25) is 5.91 Å². The maximum absolute atomic E-state index is 13.0. The Morgan fingerprint density at radius 1 is 1.25 bits per heavy atom. The lowest BCUT2D eigenvalue weighted by Gasteiger charge is -2.39. The van der Waals surface area contributed by atoms with Crippen molar-refractivity contribution in [1.82, 2.24) is 10.2 Å². The van der Waals surface area contributed by atoms with Crippen molar-refractivity contribution < 1.29 is 4.79 Å². The van der Waals surface area contributed by atoms with Gasteiger partial charge in [-0.05, 0) is 62.7 Å². The van der Waals surface area contributed by atoms with Crippen molar-refractivity contribution in [2.75, 3.05) is 38.1 Å². The van der Waals surface area contributed by atoms with Crippen LogP contribution in [-0.2, 0) is 4.79 Å². The Hall–Kier alpha value is -1.55. The van der Waals surface area contributed by atoms with Crippen LogP contribution in [-0.4, -0.2) is 50.1 Å². The van der Waals surface area contributed by atoms with Crippen molar-refractivity contribution >= 4 is 11.6 Å². The molecule has 2 aliphatic heterocycles. The van der Waals surface area contributed by atoms with E-state index < -0.39 is 0 Å². The molecule has 1 saturated carbocycles. The molecule has 130 valence electrons. The van der Waals surface area contributed by atoms with Crippen LogP contribution in [0.2, 0.25) is 0 Å². The van der Waals surface area contributed by atoms with E-state index in [1.54, 1.807) is 0 Å². The van der Waals surface area contributed by atoms with Gasteiger partial charge >= 0.3 is 0 Å². The van der Waals surface area contributed by atoms with Crippen LogP contribution in [0, 0.1) is 11.3 Å². The number of nitrogens with zero attached hydrogens (tertiary/aromatic N) is 2. The topological polar surface area (TPSA) is 35.6 Å². The lowest BCUT2D eigenvalue weighted by atomic mass is 9.91. The van der Waals surface area contributed by atoms with Gasteiger partial charge in [-0.3, -0.25) is 4.79 Å². The molecule has 1 spiro atoms. The average Bonchev–Trinajstić information content (AvgIpc) is 3.34. The van der Waals surface area contributed by atoms with Crippen molar-refractivity contribution in [2.24, 2.45) is 11.3 Å². The zero-order chi connectivity index (χ0) is 16.6. The second kappa shape index (κ2) is 6.40. The molecule has 0 aromatic heterocycles. The summed E-state index contributed by atoms with van der Waals surface area (Å²) in [5.74, 6) is 0.688. The molecule has 1 aliphatic carbocycles. The molecular formula is C20H29N3O. The first-order valence-electron chi connectivity index (χ1n) is 9.47. The third-order valence-corrected chi connectivity index (χ3v) is 6.50. The molecule has 2 heterocycles. The zero-order valence-electron chi connectivity index (χ0n) is 14.7. The summed E-state index contributed by atoms with van der Waals surface area (Å²) >= 11 is 0. The first kappa shape index (κ1) is 15.9. The van der Waals surface area contributed by atoms with E-state index in [-0.39, 0.29) is 5.92 Å². The molecule has 3 fully saturated rings. The molecule has 2 atom stereocenters. The number of para-hydroxylation sites is 1. The molecule has 1 N–H and O–H groups in total. The molecule has 1 aromatic carbocycles. The highest BCUT2D eigenvalue weighted by molar-refractivity contribution is 5.83. The highest BCUT2D eigenvalue weighted by Crippen LogP contribution is 2.59. The van der Waals surface area contributed by atoms with Crippen LogP contribution in [0.3, 0.4) is 0 Å². The van der Waals surface area contributed by atoms with E-state index >= 15 is 0 Å². The lowest BCUT2D eigenvalue weighted by molar-refractivity contribution is -0.134. The van der Waals surface area contributed by atoms with Gasteiger partial charge < -0.3 is 15.1 Å². The quantitative estimate of drug-likeness (QED) is 0.926. The van der Waals surface area contributed by atoms with Crippen molar-refractivity contribution in [2.45, 2.75) is 38.1 Å². The van der Waals surface area contributed by atoms with Gasteiger partial charge in [0.25, 0.3) is 0 Å². The zero-order valence-corrected chi connectivity index (χ0v) is 14.7. The van der Waals surface area contributed by atoms with Crippen molar-refractivity contribution in [1.29, 1.82) is 0 Å². The van der Waals surface area contributed by atoms with Crippen molar-refractivity contribution in [3.8, 4) is 0 Å². The molecule has 4 nitrogen and oxygen atoms in total. The van der Waals surface area contributed by atoms with Crippen LogP contribution in [0.4, 0.5) is 5.69 Å². The highest BCUT2D eigenvalue weighted by Gasteiger charge is 2.58. The first-order chi connectivity index (χ1) is 11.7. The molecule has 24 heavy (non-hydrogen) atoms. The van der Waals surface area contributed by atoms with E-state index in [1.807, 2.05) is 7.05 Å². The number of nitrogens with one attached hydrogen (secondary N) is 1. The average molecular weight is 327 g/mol. The van der Waals surface area contributed by atoms with Crippen LogP contribution >= 0.6 is 0 Å². The van der Waals surface area contributed by atoms with Gasteiger partial charge in [-0.15, -0.1) is 0 Å². The largest absolute Gasteiger partial charge is 0.369 e.